The second-order valence-corrected chi connectivity index (χ2v) is 11.2. The molecule has 8 heteroatoms. The van der Waals surface area contributed by atoms with E-state index in [9.17, 15) is 4.39 Å². The first-order valence-corrected chi connectivity index (χ1v) is 13.8. The van der Waals surface area contributed by atoms with Crippen LogP contribution in [0, 0.1) is 5.82 Å². The summed E-state index contributed by atoms with van der Waals surface area (Å²) in [5.74, 6) is 0.866. The summed E-state index contributed by atoms with van der Waals surface area (Å²) in [6.07, 6.45) is 5.65. The Morgan fingerprint density at radius 1 is 1.00 bits per heavy atom. The molecular weight excluding hydrogens is 467 g/mol. The van der Waals surface area contributed by atoms with Crippen LogP contribution in [0.1, 0.15) is 36.9 Å². The Morgan fingerprint density at radius 2 is 1.81 bits per heavy atom. The van der Waals surface area contributed by atoms with Crippen molar-refractivity contribution in [1.29, 1.82) is 0 Å². The second kappa shape index (κ2) is 9.40. The lowest BCUT2D eigenvalue weighted by Gasteiger charge is -2.37. The second-order valence-electron chi connectivity index (χ2n) is 11.2. The molecule has 0 aliphatic carbocycles. The largest absolute Gasteiger partial charge is 0.462 e. The van der Waals surface area contributed by atoms with Gasteiger partial charge in [0.05, 0.1) is 12.2 Å². The number of hydrogen-bond donors (Lipinski definition) is 1. The number of anilines is 2. The summed E-state index contributed by atoms with van der Waals surface area (Å²) in [5.41, 5.74) is 3.16. The normalized spacial score (nSPS) is 25.6. The molecule has 1 N–H and O–H groups in total. The van der Waals surface area contributed by atoms with Crippen molar-refractivity contribution >= 4 is 22.3 Å². The highest BCUT2D eigenvalue weighted by Gasteiger charge is 2.35. The monoisotopic (exact) mass is 502 g/mol. The number of halogens is 1. The molecule has 4 aliphatic rings. The van der Waals surface area contributed by atoms with Gasteiger partial charge in [-0.3, -0.25) is 0 Å². The molecule has 5 heterocycles. The summed E-state index contributed by atoms with van der Waals surface area (Å²) in [7, 11) is 2.16. The van der Waals surface area contributed by atoms with Crippen molar-refractivity contribution in [2.24, 2.45) is 0 Å². The number of benzene rings is 2. The molecule has 1 aromatic heterocycles. The number of piperazine rings is 1. The maximum Gasteiger partial charge on any atom is 0.318 e. The lowest BCUT2D eigenvalue weighted by Crippen LogP contribution is -2.52. The lowest BCUT2D eigenvalue weighted by atomic mass is 10.0. The van der Waals surface area contributed by atoms with E-state index in [1.165, 1.54) is 24.8 Å². The zero-order chi connectivity index (χ0) is 24.9. The van der Waals surface area contributed by atoms with Crippen LogP contribution in [-0.2, 0) is 13.0 Å². The predicted octanol–water partition coefficient (Wildman–Crippen LogP) is 3.75. The maximum atomic E-state index is 14.9. The third-order valence-electron chi connectivity index (χ3n) is 8.79. The number of fused-ring (bicyclic) bond motifs is 4. The Morgan fingerprint density at radius 3 is 2.59 bits per heavy atom. The number of likely N-dealkylation sites (N-methyl/N-ethyl adjacent to an activating group) is 1. The summed E-state index contributed by atoms with van der Waals surface area (Å²) >= 11 is 0. The molecule has 0 saturated carbocycles. The number of ether oxygens (including phenoxy) is 1. The highest BCUT2D eigenvalue weighted by molar-refractivity contribution is 5.95. The van der Waals surface area contributed by atoms with Gasteiger partial charge in [-0.05, 0) is 63.2 Å². The van der Waals surface area contributed by atoms with Crippen LogP contribution in [0.25, 0.3) is 10.8 Å². The number of likely N-dealkylation sites (tertiary alicyclic amines) is 1. The van der Waals surface area contributed by atoms with Gasteiger partial charge in [0, 0.05) is 54.4 Å². The molecule has 3 aromatic rings. The molecule has 37 heavy (non-hydrogen) atoms. The molecule has 2 bridgehead atoms. The van der Waals surface area contributed by atoms with Gasteiger partial charge in [-0.1, -0.05) is 24.3 Å². The van der Waals surface area contributed by atoms with Crippen molar-refractivity contribution in [3.05, 3.63) is 53.5 Å². The molecule has 1 unspecified atom stereocenters. The van der Waals surface area contributed by atoms with Crippen LogP contribution in [0.3, 0.4) is 0 Å². The molecular formula is C29H35FN6O. The van der Waals surface area contributed by atoms with E-state index in [4.69, 9.17) is 14.7 Å². The van der Waals surface area contributed by atoms with E-state index in [-0.39, 0.29) is 5.82 Å². The predicted molar refractivity (Wildman–Crippen MR) is 144 cm³/mol. The SMILES string of the molecule is CN1CCCC1COc1nc2c(c(N3C[C@H]4CC[C@@H](C3)N4)n1)CCN(c1cccc3cccc(F)c13)C2. The van der Waals surface area contributed by atoms with E-state index in [1.54, 1.807) is 12.1 Å². The Balaban J connectivity index is 1.23. The summed E-state index contributed by atoms with van der Waals surface area (Å²) in [6, 6.07) is 13.3. The van der Waals surface area contributed by atoms with Crippen LogP contribution in [-0.4, -0.2) is 72.8 Å². The van der Waals surface area contributed by atoms with E-state index in [1.807, 2.05) is 24.3 Å². The van der Waals surface area contributed by atoms with Crippen LogP contribution in [0.4, 0.5) is 15.9 Å². The third kappa shape index (κ3) is 4.30. The fourth-order valence-corrected chi connectivity index (χ4v) is 6.79. The van der Waals surface area contributed by atoms with Crippen LogP contribution in [0.5, 0.6) is 6.01 Å². The number of rotatable bonds is 5. The van der Waals surface area contributed by atoms with E-state index in [2.05, 4.69) is 27.1 Å². The quantitative estimate of drug-likeness (QED) is 0.570. The summed E-state index contributed by atoms with van der Waals surface area (Å²) in [6.45, 7) is 5.11. The van der Waals surface area contributed by atoms with Crippen molar-refractivity contribution in [2.75, 3.05) is 49.6 Å². The molecule has 7 rings (SSSR count). The van der Waals surface area contributed by atoms with Crippen molar-refractivity contribution in [2.45, 2.75) is 56.8 Å². The van der Waals surface area contributed by atoms with Crippen LogP contribution in [0.2, 0.25) is 0 Å². The smallest absolute Gasteiger partial charge is 0.318 e. The lowest BCUT2D eigenvalue weighted by molar-refractivity contribution is 0.187. The van der Waals surface area contributed by atoms with Gasteiger partial charge in [0.25, 0.3) is 0 Å². The van der Waals surface area contributed by atoms with Crippen LogP contribution < -0.4 is 19.9 Å². The van der Waals surface area contributed by atoms with Gasteiger partial charge in [0.15, 0.2) is 0 Å². The van der Waals surface area contributed by atoms with E-state index in [0.29, 0.717) is 42.7 Å². The first-order chi connectivity index (χ1) is 18.1. The standard InChI is InChI=1S/C29H35FN6O/c1-34-13-4-7-22(34)18-37-29-32-25-17-35(26-9-3-6-19-5-2-8-24(30)27(19)26)14-12-23(25)28(33-29)36-15-20-10-11-21(16-36)31-20/h2-3,5-6,8-9,20-22,31H,4,7,10-18H2,1H3/t20-,21+,22?. The van der Waals surface area contributed by atoms with E-state index >= 15 is 0 Å². The summed E-state index contributed by atoms with van der Waals surface area (Å²) in [4.78, 5) is 17.1. The zero-order valence-corrected chi connectivity index (χ0v) is 21.5. The number of aromatic nitrogens is 2. The molecule has 0 amide bonds. The Labute approximate surface area is 217 Å². The van der Waals surface area contributed by atoms with Gasteiger partial charge in [0.1, 0.15) is 18.2 Å². The van der Waals surface area contributed by atoms with Gasteiger partial charge in [-0.25, -0.2) is 4.39 Å². The molecule has 3 fully saturated rings. The topological polar surface area (TPSA) is 56.8 Å². The first-order valence-electron chi connectivity index (χ1n) is 13.8. The molecule has 0 spiro atoms. The minimum absolute atomic E-state index is 0.178. The molecule has 4 aliphatic heterocycles. The van der Waals surface area contributed by atoms with Crippen LogP contribution in [0.15, 0.2) is 36.4 Å². The molecule has 3 atom stereocenters. The fourth-order valence-electron chi connectivity index (χ4n) is 6.79. The van der Waals surface area contributed by atoms with E-state index in [0.717, 1.165) is 61.6 Å². The van der Waals surface area contributed by atoms with Gasteiger partial charge in [-0.15, -0.1) is 0 Å². The van der Waals surface area contributed by atoms with Crippen molar-refractivity contribution in [3.63, 3.8) is 0 Å². The number of hydrogen-bond acceptors (Lipinski definition) is 7. The Hall–Kier alpha value is -2.97. The van der Waals surface area contributed by atoms with Gasteiger partial charge in [-0.2, -0.15) is 9.97 Å². The Kier molecular flexibility index (Phi) is 5.89. The van der Waals surface area contributed by atoms with E-state index < -0.39 is 0 Å². The molecule has 0 radical (unpaired) electrons. The summed E-state index contributed by atoms with van der Waals surface area (Å²) in [5, 5.41) is 5.34. The maximum absolute atomic E-state index is 14.9. The molecule has 7 nitrogen and oxygen atoms in total. The van der Waals surface area contributed by atoms with Gasteiger partial charge in [0.2, 0.25) is 0 Å². The molecule has 194 valence electrons. The minimum atomic E-state index is -0.178. The minimum Gasteiger partial charge on any atom is -0.462 e. The first kappa shape index (κ1) is 23.2. The number of nitrogens with zero attached hydrogens (tertiary/aromatic N) is 5. The summed E-state index contributed by atoms with van der Waals surface area (Å²) < 4.78 is 21.2. The van der Waals surface area contributed by atoms with Crippen molar-refractivity contribution in [3.8, 4) is 6.01 Å². The van der Waals surface area contributed by atoms with Crippen molar-refractivity contribution < 1.29 is 9.13 Å². The Bertz CT molecular complexity index is 1300. The van der Waals surface area contributed by atoms with Crippen molar-refractivity contribution in [1.82, 2.24) is 20.2 Å². The highest BCUT2D eigenvalue weighted by atomic mass is 19.1. The molecule has 3 saturated heterocycles. The van der Waals surface area contributed by atoms with Crippen LogP contribution >= 0.6 is 0 Å². The zero-order valence-electron chi connectivity index (χ0n) is 21.5. The van der Waals surface area contributed by atoms with Gasteiger partial charge < -0.3 is 24.8 Å². The number of nitrogens with one attached hydrogen (secondary N) is 1. The fraction of sp³-hybridized carbons (Fsp3) is 0.517. The average Bonchev–Trinajstić information content (AvgIpc) is 3.49. The third-order valence-corrected chi connectivity index (χ3v) is 8.79. The highest BCUT2D eigenvalue weighted by Crippen LogP contribution is 2.36. The van der Waals surface area contributed by atoms with Gasteiger partial charge >= 0.3 is 6.01 Å². The average molecular weight is 503 g/mol. The molecule has 2 aromatic carbocycles.